The monoisotopic (exact) mass is 211 g/mol. The zero-order valence-corrected chi connectivity index (χ0v) is 8.88. The molecule has 1 saturated heterocycles. The van der Waals surface area contributed by atoms with Crippen LogP contribution in [0.3, 0.4) is 0 Å². The highest BCUT2D eigenvalue weighted by Crippen LogP contribution is 2.13. The molecule has 1 fully saturated rings. The minimum Gasteiger partial charge on any atom is -0.315 e. The van der Waals surface area contributed by atoms with Crippen LogP contribution in [0.4, 0.5) is 0 Å². The van der Waals surface area contributed by atoms with Gasteiger partial charge in [0, 0.05) is 6.54 Å². The molecule has 1 aliphatic rings. The van der Waals surface area contributed by atoms with E-state index in [0.29, 0.717) is 5.03 Å². The Morgan fingerprint density at radius 3 is 2.93 bits per heavy atom. The SMILES string of the molecule is Cc1ccc([S@](=O)[C@H]2CCNC2)nn1. The lowest BCUT2D eigenvalue weighted by Crippen LogP contribution is -2.19. The Morgan fingerprint density at radius 2 is 2.36 bits per heavy atom. The van der Waals surface area contributed by atoms with Gasteiger partial charge in [0.1, 0.15) is 5.03 Å². The molecule has 0 saturated carbocycles. The van der Waals surface area contributed by atoms with Crippen LogP contribution >= 0.6 is 0 Å². The van der Waals surface area contributed by atoms with Crippen LogP contribution in [0.25, 0.3) is 0 Å². The van der Waals surface area contributed by atoms with Gasteiger partial charge in [0.15, 0.2) is 0 Å². The molecule has 1 aromatic rings. The molecule has 0 spiro atoms. The summed E-state index contributed by atoms with van der Waals surface area (Å²) in [7, 11) is -1.00. The zero-order chi connectivity index (χ0) is 9.97. The van der Waals surface area contributed by atoms with Crippen LogP contribution in [-0.2, 0) is 10.8 Å². The first-order valence-electron chi connectivity index (χ1n) is 4.69. The summed E-state index contributed by atoms with van der Waals surface area (Å²) in [4.78, 5) is 0. The summed E-state index contributed by atoms with van der Waals surface area (Å²) in [5.74, 6) is 0. The van der Waals surface area contributed by atoms with E-state index in [1.54, 1.807) is 6.07 Å². The van der Waals surface area contributed by atoms with Gasteiger partial charge in [0.2, 0.25) is 0 Å². The summed E-state index contributed by atoms with van der Waals surface area (Å²) in [5, 5.41) is 11.8. The Bertz CT molecular complexity index is 332. The van der Waals surface area contributed by atoms with Gasteiger partial charge in [-0.2, -0.15) is 5.10 Å². The van der Waals surface area contributed by atoms with E-state index < -0.39 is 10.8 Å². The standard InChI is InChI=1S/C9H13N3OS/c1-7-2-3-9(12-11-7)14(13)8-4-5-10-6-8/h2-3,8,10H,4-6H2,1H3/t8-,14+/m0/s1. The number of nitrogens with zero attached hydrogens (tertiary/aromatic N) is 2. The lowest BCUT2D eigenvalue weighted by molar-refractivity contribution is 0.666. The topological polar surface area (TPSA) is 54.9 Å². The largest absolute Gasteiger partial charge is 0.315 e. The molecular formula is C9H13N3OS. The molecule has 14 heavy (non-hydrogen) atoms. The average Bonchev–Trinajstić information content (AvgIpc) is 2.71. The van der Waals surface area contributed by atoms with Crippen LogP contribution in [0, 0.1) is 6.92 Å². The predicted octanol–water partition coefficient (Wildman–Crippen LogP) is 0.255. The second-order valence-corrected chi connectivity index (χ2v) is 5.10. The van der Waals surface area contributed by atoms with E-state index in [1.165, 1.54) is 0 Å². The molecular weight excluding hydrogens is 198 g/mol. The highest BCUT2D eigenvalue weighted by Gasteiger charge is 2.23. The fourth-order valence-electron chi connectivity index (χ4n) is 1.48. The first-order valence-corrected chi connectivity index (χ1v) is 5.90. The van der Waals surface area contributed by atoms with Crippen LogP contribution in [0.15, 0.2) is 17.2 Å². The third kappa shape index (κ3) is 1.99. The van der Waals surface area contributed by atoms with E-state index in [9.17, 15) is 4.21 Å². The normalized spacial score (nSPS) is 23.6. The molecule has 0 unspecified atom stereocenters. The maximum atomic E-state index is 11.9. The second-order valence-electron chi connectivity index (χ2n) is 3.43. The molecule has 76 valence electrons. The average molecular weight is 211 g/mol. The molecule has 1 N–H and O–H groups in total. The lowest BCUT2D eigenvalue weighted by atomic mass is 10.4. The van der Waals surface area contributed by atoms with Gasteiger partial charge in [-0.1, -0.05) is 0 Å². The van der Waals surface area contributed by atoms with Gasteiger partial charge in [-0.25, -0.2) is 0 Å². The number of hydrogen-bond donors (Lipinski definition) is 1. The maximum absolute atomic E-state index is 11.9. The third-order valence-electron chi connectivity index (χ3n) is 2.30. The van der Waals surface area contributed by atoms with Crippen molar-refractivity contribution in [2.45, 2.75) is 23.6 Å². The zero-order valence-electron chi connectivity index (χ0n) is 8.06. The van der Waals surface area contributed by atoms with Crippen molar-refractivity contribution in [1.82, 2.24) is 15.5 Å². The summed E-state index contributed by atoms with van der Waals surface area (Å²) in [6.07, 6.45) is 0.960. The first-order chi connectivity index (χ1) is 6.77. The second kappa shape index (κ2) is 4.14. The van der Waals surface area contributed by atoms with Crippen molar-refractivity contribution in [3.8, 4) is 0 Å². The minimum absolute atomic E-state index is 0.201. The fraction of sp³-hybridized carbons (Fsp3) is 0.556. The van der Waals surface area contributed by atoms with Gasteiger partial charge >= 0.3 is 0 Å². The Kier molecular flexibility index (Phi) is 2.88. The van der Waals surface area contributed by atoms with Crippen LogP contribution in [-0.4, -0.2) is 32.7 Å². The van der Waals surface area contributed by atoms with Gasteiger partial charge in [0.05, 0.1) is 21.7 Å². The number of nitrogens with one attached hydrogen (secondary N) is 1. The molecule has 1 aliphatic heterocycles. The summed E-state index contributed by atoms with van der Waals surface area (Å²) < 4.78 is 11.9. The molecule has 0 bridgehead atoms. The van der Waals surface area contributed by atoms with Gasteiger partial charge in [-0.3, -0.25) is 4.21 Å². The van der Waals surface area contributed by atoms with Crippen LogP contribution in [0.2, 0.25) is 0 Å². The van der Waals surface area contributed by atoms with E-state index >= 15 is 0 Å². The van der Waals surface area contributed by atoms with Crippen LogP contribution < -0.4 is 5.32 Å². The minimum atomic E-state index is -1.00. The molecule has 2 rings (SSSR count). The molecule has 0 aromatic carbocycles. The highest BCUT2D eigenvalue weighted by atomic mass is 32.2. The maximum Gasteiger partial charge on any atom is 0.150 e. The summed E-state index contributed by atoms with van der Waals surface area (Å²) in [6.45, 7) is 3.65. The molecule has 0 radical (unpaired) electrons. The van der Waals surface area contributed by atoms with Gasteiger partial charge in [-0.15, -0.1) is 5.10 Å². The van der Waals surface area contributed by atoms with E-state index in [0.717, 1.165) is 25.2 Å². The van der Waals surface area contributed by atoms with E-state index in [4.69, 9.17) is 0 Å². The van der Waals surface area contributed by atoms with E-state index in [1.807, 2.05) is 13.0 Å². The smallest absolute Gasteiger partial charge is 0.150 e. The highest BCUT2D eigenvalue weighted by molar-refractivity contribution is 7.85. The number of aryl methyl sites for hydroxylation is 1. The van der Waals surface area contributed by atoms with Crippen LogP contribution in [0.5, 0.6) is 0 Å². The molecule has 0 amide bonds. The van der Waals surface area contributed by atoms with Crippen molar-refractivity contribution in [3.05, 3.63) is 17.8 Å². The fourth-order valence-corrected chi connectivity index (χ4v) is 2.74. The number of aromatic nitrogens is 2. The van der Waals surface area contributed by atoms with E-state index in [2.05, 4.69) is 15.5 Å². The van der Waals surface area contributed by atoms with Crippen molar-refractivity contribution in [2.75, 3.05) is 13.1 Å². The van der Waals surface area contributed by atoms with E-state index in [-0.39, 0.29) is 5.25 Å². The first kappa shape index (κ1) is 9.73. The summed E-state index contributed by atoms with van der Waals surface area (Å²) >= 11 is 0. The number of hydrogen-bond acceptors (Lipinski definition) is 4. The Labute approximate surface area is 85.6 Å². The third-order valence-corrected chi connectivity index (χ3v) is 3.94. The molecule has 0 aliphatic carbocycles. The molecule has 4 nitrogen and oxygen atoms in total. The Balaban J connectivity index is 2.14. The Hall–Kier alpha value is -0.810. The molecule has 2 atom stereocenters. The summed E-state index contributed by atoms with van der Waals surface area (Å²) in [6, 6.07) is 3.65. The lowest BCUT2D eigenvalue weighted by Gasteiger charge is -2.06. The van der Waals surface area contributed by atoms with Crippen molar-refractivity contribution in [1.29, 1.82) is 0 Å². The Morgan fingerprint density at radius 1 is 1.50 bits per heavy atom. The van der Waals surface area contributed by atoms with Crippen molar-refractivity contribution < 1.29 is 4.21 Å². The number of rotatable bonds is 2. The van der Waals surface area contributed by atoms with Crippen molar-refractivity contribution >= 4 is 10.8 Å². The predicted molar refractivity (Wildman–Crippen MR) is 54.5 cm³/mol. The quantitative estimate of drug-likeness (QED) is 0.762. The van der Waals surface area contributed by atoms with Crippen LogP contribution in [0.1, 0.15) is 12.1 Å². The molecule has 2 heterocycles. The summed E-state index contributed by atoms with van der Waals surface area (Å²) in [5.41, 5.74) is 0.857. The van der Waals surface area contributed by atoms with Crippen molar-refractivity contribution in [2.24, 2.45) is 0 Å². The van der Waals surface area contributed by atoms with Gasteiger partial charge < -0.3 is 5.32 Å². The molecule has 5 heteroatoms. The van der Waals surface area contributed by atoms with Crippen molar-refractivity contribution in [3.63, 3.8) is 0 Å². The van der Waals surface area contributed by atoms with Gasteiger partial charge in [0.25, 0.3) is 0 Å². The van der Waals surface area contributed by atoms with Gasteiger partial charge in [-0.05, 0) is 32.0 Å². The molecule has 1 aromatic heterocycles.